The fourth-order valence-corrected chi connectivity index (χ4v) is 2.00. The second kappa shape index (κ2) is 7.97. The normalized spacial score (nSPS) is 12.3. The summed E-state index contributed by atoms with van der Waals surface area (Å²) in [6, 6.07) is 3.88. The average Bonchev–Trinajstić information content (AvgIpc) is 2.46. The molecular formula is C15H25NO4. The Morgan fingerprint density at radius 1 is 1.05 bits per heavy atom. The molecule has 1 aromatic rings. The zero-order valence-corrected chi connectivity index (χ0v) is 12.9. The first kappa shape index (κ1) is 16.6. The SMILES string of the molecule is COc1cc(CN[C@H](CO)C(C)C)cc(OC)c1OC. The number of ether oxygens (including phenoxy) is 3. The van der Waals surface area contributed by atoms with Gasteiger partial charge < -0.3 is 24.6 Å². The van der Waals surface area contributed by atoms with Crippen LogP contribution in [-0.4, -0.2) is 39.1 Å². The van der Waals surface area contributed by atoms with E-state index in [0.717, 1.165) is 5.56 Å². The molecule has 20 heavy (non-hydrogen) atoms. The molecule has 0 saturated heterocycles. The maximum absolute atomic E-state index is 9.33. The van der Waals surface area contributed by atoms with Crippen LogP contribution in [0.4, 0.5) is 0 Å². The number of methoxy groups -OCH3 is 3. The highest BCUT2D eigenvalue weighted by molar-refractivity contribution is 5.53. The van der Waals surface area contributed by atoms with Gasteiger partial charge in [-0.2, -0.15) is 0 Å². The van der Waals surface area contributed by atoms with E-state index in [2.05, 4.69) is 19.2 Å². The molecule has 0 aromatic heterocycles. The molecule has 0 radical (unpaired) electrons. The monoisotopic (exact) mass is 283 g/mol. The Kier molecular flexibility index (Phi) is 6.61. The Hall–Kier alpha value is -1.46. The van der Waals surface area contributed by atoms with Crippen molar-refractivity contribution in [2.24, 2.45) is 5.92 Å². The van der Waals surface area contributed by atoms with Crippen LogP contribution in [-0.2, 0) is 6.54 Å². The van der Waals surface area contributed by atoms with E-state index in [1.807, 2.05) is 12.1 Å². The Balaban J connectivity index is 2.90. The van der Waals surface area contributed by atoms with Gasteiger partial charge in [0.05, 0.1) is 27.9 Å². The lowest BCUT2D eigenvalue weighted by Gasteiger charge is -2.21. The lowest BCUT2D eigenvalue weighted by Crippen LogP contribution is -2.36. The van der Waals surface area contributed by atoms with Crippen molar-refractivity contribution in [2.45, 2.75) is 26.4 Å². The van der Waals surface area contributed by atoms with Gasteiger partial charge >= 0.3 is 0 Å². The zero-order valence-electron chi connectivity index (χ0n) is 12.9. The van der Waals surface area contributed by atoms with Gasteiger partial charge in [0.15, 0.2) is 11.5 Å². The molecule has 1 aromatic carbocycles. The van der Waals surface area contributed by atoms with E-state index < -0.39 is 0 Å². The number of hydrogen-bond donors (Lipinski definition) is 2. The summed E-state index contributed by atoms with van der Waals surface area (Å²) in [5.41, 5.74) is 1.01. The Bertz CT molecular complexity index is 395. The van der Waals surface area contributed by atoms with Crippen molar-refractivity contribution in [3.63, 3.8) is 0 Å². The van der Waals surface area contributed by atoms with E-state index in [9.17, 15) is 5.11 Å². The molecule has 0 fully saturated rings. The van der Waals surface area contributed by atoms with Gasteiger partial charge in [0, 0.05) is 12.6 Å². The minimum atomic E-state index is 0.0640. The van der Waals surface area contributed by atoms with Gasteiger partial charge in [-0.3, -0.25) is 0 Å². The van der Waals surface area contributed by atoms with Crippen molar-refractivity contribution >= 4 is 0 Å². The van der Waals surface area contributed by atoms with Crippen LogP contribution in [0.15, 0.2) is 12.1 Å². The smallest absolute Gasteiger partial charge is 0.203 e. The van der Waals surface area contributed by atoms with E-state index in [0.29, 0.717) is 29.7 Å². The molecule has 0 unspecified atom stereocenters. The first-order valence-corrected chi connectivity index (χ1v) is 6.70. The summed E-state index contributed by atoms with van der Waals surface area (Å²) >= 11 is 0. The highest BCUT2D eigenvalue weighted by atomic mass is 16.5. The Labute approximate surface area is 120 Å². The van der Waals surface area contributed by atoms with Crippen molar-refractivity contribution in [1.29, 1.82) is 0 Å². The first-order valence-electron chi connectivity index (χ1n) is 6.70. The predicted octanol–water partition coefficient (Wildman–Crippen LogP) is 1.82. The molecule has 0 spiro atoms. The lowest BCUT2D eigenvalue weighted by molar-refractivity contribution is 0.210. The molecular weight excluding hydrogens is 258 g/mol. The van der Waals surface area contributed by atoms with Gasteiger partial charge in [-0.15, -0.1) is 0 Å². The van der Waals surface area contributed by atoms with Crippen molar-refractivity contribution < 1.29 is 19.3 Å². The summed E-state index contributed by atoms with van der Waals surface area (Å²) in [7, 11) is 4.77. The molecule has 0 saturated carbocycles. The number of rotatable bonds is 8. The molecule has 0 aliphatic carbocycles. The van der Waals surface area contributed by atoms with Crippen molar-refractivity contribution in [2.75, 3.05) is 27.9 Å². The average molecular weight is 283 g/mol. The minimum absolute atomic E-state index is 0.0640. The van der Waals surface area contributed by atoms with E-state index >= 15 is 0 Å². The van der Waals surface area contributed by atoms with Crippen LogP contribution in [0.1, 0.15) is 19.4 Å². The quantitative estimate of drug-likeness (QED) is 0.762. The molecule has 0 heterocycles. The van der Waals surface area contributed by atoms with Crippen LogP contribution in [0.2, 0.25) is 0 Å². The van der Waals surface area contributed by atoms with Crippen LogP contribution in [0.3, 0.4) is 0 Å². The third-order valence-electron chi connectivity index (χ3n) is 3.29. The summed E-state index contributed by atoms with van der Waals surface area (Å²) in [6.07, 6.45) is 0. The zero-order chi connectivity index (χ0) is 15.1. The molecule has 114 valence electrons. The molecule has 0 aliphatic rings. The maximum Gasteiger partial charge on any atom is 0.203 e. The summed E-state index contributed by atoms with van der Waals surface area (Å²) < 4.78 is 15.9. The molecule has 0 aliphatic heterocycles. The molecule has 1 atom stereocenters. The molecule has 1 rings (SSSR count). The summed E-state index contributed by atoms with van der Waals surface area (Å²) in [5, 5.41) is 12.6. The Morgan fingerprint density at radius 2 is 1.60 bits per heavy atom. The van der Waals surface area contributed by atoms with Gasteiger partial charge in [-0.25, -0.2) is 0 Å². The van der Waals surface area contributed by atoms with Crippen molar-refractivity contribution in [3.05, 3.63) is 17.7 Å². The first-order chi connectivity index (χ1) is 9.57. The van der Waals surface area contributed by atoms with Gasteiger partial charge in [0.1, 0.15) is 0 Å². The summed E-state index contributed by atoms with van der Waals surface area (Å²) in [4.78, 5) is 0. The maximum atomic E-state index is 9.33. The van der Waals surface area contributed by atoms with Crippen LogP contribution >= 0.6 is 0 Å². The van der Waals surface area contributed by atoms with Gasteiger partial charge in [-0.1, -0.05) is 13.8 Å². The third-order valence-corrected chi connectivity index (χ3v) is 3.29. The fraction of sp³-hybridized carbons (Fsp3) is 0.600. The standard InChI is InChI=1S/C15H25NO4/c1-10(2)12(9-17)16-8-11-6-13(18-3)15(20-5)14(7-11)19-4/h6-7,10,12,16-17H,8-9H2,1-5H3/t12-/m1/s1. The molecule has 5 heteroatoms. The van der Waals surface area contributed by atoms with Crippen LogP contribution in [0.5, 0.6) is 17.2 Å². The van der Waals surface area contributed by atoms with E-state index in [4.69, 9.17) is 14.2 Å². The number of aliphatic hydroxyl groups is 1. The van der Waals surface area contributed by atoms with Crippen molar-refractivity contribution in [1.82, 2.24) is 5.32 Å². The van der Waals surface area contributed by atoms with Gasteiger partial charge in [0.25, 0.3) is 0 Å². The van der Waals surface area contributed by atoms with Crippen molar-refractivity contribution in [3.8, 4) is 17.2 Å². The second-order valence-electron chi connectivity index (χ2n) is 4.95. The molecule has 5 nitrogen and oxygen atoms in total. The number of aliphatic hydroxyl groups excluding tert-OH is 1. The summed E-state index contributed by atoms with van der Waals surface area (Å²) in [5.74, 6) is 2.21. The van der Waals surface area contributed by atoms with E-state index in [1.54, 1.807) is 21.3 Å². The minimum Gasteiger partial charge on any atom is -0.493 e. The Morgan fingerprint density at radius 3 is 1.95 bits per heavy atom. The van der Waals surface area contributed by atoms with Gasteiger partial charge in [-0.05, 0) is 23.6 Å². The van der Waals surface area contributed by atoms with E-state index in [-0.39, 0.29) is 12.6 Å². The topological polar surface area (TPSA) is 60.0 Å². The fourth-order valence-electron chi connectivity index (χ4n) is 2.00. The van der Waals surface area contributed by atoms with Crippen LogP contribution in [0.25, 0.3) is 0 Å². The number of benzene rings is 1. The summed E-state index contributed by atoms with van der Waals surface area (Å²) in [6.45, 7) is 4.88. The van der Waals surface area contributed by atoms with Gasteiger partial charge in [0.2, 0.25) is 5.75 Å². The number of hydrogen-bond acceptors (Lipinski definition) is 5. The molecule has 2 N–H and O–H groups in total. The van der Waals surface area contributed by atoms with Crippen LogP contribution in [0, 0.1) is 5.92 Å². The highest BCUT2D eigenvalue weighted by Gasteiger charge is 2.15. The molecule has 0 bridgehead atoms. The molecule has 0 amide bonds. The second-order valence-corrected chi connectivity index (χ2v) is 4.95. The lowest BCUT2D eigenvalue weighted by atomic mass is 10.0. The van der Waals surface area contributed by atoms with E-state index in [1.165, 1.54) is 0 Å². The predicted molar refractivity (Wildman–Crippen MR) is 78.6 cm³/mol. The number of nitrogens with one attached hydrogen (secondary N) is 1. The third kappa shape index (κ3) is 4.02. The highest BCUT2D eigenvalue weighted by Crippen LogP contribution is 2.38. The largest absolute Gasteiger partial charge is 0.493 e. The van der Waals surface area contributed by atoms with Crippen LogP contribution < -0.4 is 19.5 Å².